The number of hydrogen-bond acceptors (Lipinski definition) is 4. The van der Waals surface area contributed by atoms with Gasteiger partial charge in [-0.05, 0) is 12.1 Å². The van der Waals surface area contributed by atoms with Crippen molar-refractivity contribution in [1.82, 2.24) is 0 Å². The predicted molar refractivity (Wildman–Crippen MR) is 58.0 cm³/mol. The molecule has 1 aromatic carbocycles. The molecule has 0 amide bonds. The molecule has 0 aliphatic heterocycles. The Morgan fingerprint density at radius 1 is 1.47 bits per heavy atom. The lowest BCUT2D eigenvalue weighted by Gasteiger charge is -2.17. The SMILES string of the molecule is COc1ccc(C(O)C(O)CN)c(Cl)c1. The fourth-order valence-electron chi connectivity index (χ4n) is 1.21. The Kier molecular flexibility index (Phi) is 4.35. The highest BCUT2D eigenvalue weighted by atomic mass is 35.5. The first-order valence-electron chi connectivity index (χ1n) is 4.49. The standard InChI is InChI=1S/C10H14ClNO3/c1-15-6-2-3-7(8(11)4-6)10(14)9(13)5-12/h2-4,9-10,13-14H,5,12H2,1H3. The predicted octanol–water partition coefficient (Wildman–Crippen LogP) is 0.702. The first kappa shape index (κ1) is 12.3. The van der Waals surface area contributed by atoms with Gasteiger partial charge in [0, 0.05) is 12.1 Å². The van der Waals surface area contributed by atoms with E-state index in [1.807, 2.05) is 0 Å². The van der Waals surface area contributed by atoms with Crippen LogP contribution in [-0.4, -0.2) is 30.0 Å². The van der Waals surface area contributed by atoms with Crippen LogP contribution < -0.4 is 10.5 Å². The minimum absolute atomic E-state index is 0.0243. The van der Waals surface area contributed by atoms with Gasteiger partial charge in [0.1, 0.15) is 11.9 Å². The second kappa shape index (κ2) is 5.32. The Balaban J connectivity index is 2.95. The van der Waals surface area contributed by atoms with Crippen molar-refractivity contribution in [2.24, 2.45) is 5.73 Å². The van der Waals surface area contributed by atoms with Crippen LogP contribution >= 0.6 is 11.6 Å². The maximum atomic E-state index is 9.68. The summed E-state index contributed by atoms with van der Waals surface area (Å²) in [5.41, 5.74) is 5.68. The molecule has 0 radical (unpaired) electrons. The fraction of sp³-hybridized carbons (Fsp3) is 0.400. The number of benzene rings is 1. The summed E-state index contributed by atoms with van der Waals surface area (Å²) in [5, 5.41) is 19.4. The lowest BCUT2D eigenvalue weighted by Crippen LogP contribution is -2.27. The van der Waals surface area contributed by atoms with E-state index < -0.39 is 12.2 Å². The van der Waals surface area contributed by atoms with Gasteiger partial charge in [-0.15, -0.1) is 0 Å². The zero-order valence-electron chi connectivity index (χ0n) is 8.35. The van der Waals surface area contributed by atoms with Gasteiger partial charge in [-0.2, -0.15) is 0 Å². The van der Waals surface area contributed by atoms with Crippen LogP contribution in [-0.2, 0) is 0 Å². The van der Waals surface area contributed by atoms with E-state index in [9.17, 15) is 10.2 Å². The normalized spacial score (nSPS) is 14.7. The number of methoxy groups -OCH3 is 1. The minimum Gasteiger partial charge on any atom is -0.497 e. The molecule has 0 fully saturated rings. The summed E-state index contributed by atoms with van der Waals surface area (Å²) in [5.74, 6) is 0.596. The summed E-state index contributed by atoms with van der Waals surface area (Å²) in [7, 11) is 1.52. The van der Waals surface area contributed by atoms with Crippen molar-refractivity contribution in [2.75, 3.05) is 13.7 Å². The molecule has 1 rings (SSSR count). The Hall–Kier alpha value is -0.810. The van der Waals surface area contributed by atoms with Crippen LogP contribution in [0.4, 0.5) is 0 Å². The molecular weight excluding hydrogens is 218 g/mol. The van der Waals surface area contributed by atoms with E-state index in [1.165, 1.54) is 7.11 Å². The lowest BCUT2D eigenvalue weighted by molar-refractivity contribution is 0.0244. The molecule has 15 heavy (non-hydrogen) atoms. The molecule has 0 aliphatic rings. The Bertz CT molecular complexity index is 332. The summed E-state index contributed by atoms with van der Waals surface area (Å²) in [4.78, 5) is 0. The van der Waals surface area contributed by atoms with Crippen molar-refractivity contribution in [3.8, 4) is 5.75 Å². The Morgan fingerprint density at radius 3 is 2.60 bits per heavy atom. The number of ether oxygens (including phenoxy) is 1. The van der Waals surface area contributed by atoms with Crippen molar-refractivity contribution >= 4 is 11.6 Å². The molecule has 4 N–H and O–H groups in total. The quantitative estimate of drug-likeness (QED) is 0.713. The van der Waals surface area contributed by atoms with Crippen LogP contribution in [0.25, 0.3) is 0 Å². The van der Waals surface area contributed by atoms with E-state index in [0.717, 1.165) is 0 Å². The van der Waals surface area contributed by atoms with Crippen molar-refractivity contribution in [1.29, 1.82) is 0 Å². The summed E-state index contributed by atoms with van der Waals surface area (Å²) in [6, 6.07) is 4.84. The van der Waals surface area contributed by atoms with E-state index >= 15 is 0 Å². The molecule has 84 valence electrons. The number of halogens is 1. The van der Waals surface area contributed by atoms with Crippen LogP contribution in [0.1, 0.15) is 11.7 Å². The van der Waals surface area contributed by atoms with Gasteiger partial charge in [0.25, 0.3) is 0 Å². The third kappa shape index (κ3) is 2.82. The van der Waals surface area contributed by atoms with Crippen molar-refractivity contribution in [3.05, 3.63) is 28.8 Å². The fourth-order valence-corrected chi connectivity index (χ4v) is 1.49. The van der Waals surface area contributed by atoms with Crippen molar-refractivity contribution < 1.29 is 14.9 Å². The molecule has 4 nitrogen and oxygen atoms in total. The third-order valence-corrected chi connectivity index (χ3v) is 2.46. The zero-order valence-corrected chi connectivity index (χ0v) is 9.11. The molecular formula is C10H14ClNO3. The van der Waals surface area contributed by atoms with Gasteiger partial charge in [-0.1, -0.05) is 17.7 Å². The van der Waals surface area contributed by atoms with Gasteiger partial charge in [0.2, 0.25) is 0 Å². The molecule has 0 aromatic heterocycles. The second-order valence-electron chi connectivity index (χ2n) is 3.14. The number of rotatable bonds is 4. The lowest BCUT2D eigenvalue weighted by atomic mass is 10.0. The molecule has 0 spiro atoms. The average Bonchev–Trinajstić information content (AvgIpc) is 2.26. The second-order valence-corrected chi connectivity index (χ2v) is 3.54. The van der Waals surface area contributed by atoms with E-state index in [1.54, 1.807) is 18.2 Å². The summed E-state index contributed by atoms with van der Waals surface area (Å²) in [6.45, 7) is -0.0243. The largest absolute Gasteiger partial charge is 0.497 e. The van der Waals surface area contributed by atoms with Gasteiger partial charge in [0.05, 0.1) is 18.2 Å². The summed E-state index contributed by atoms with van der Waals surface area (Å²) >= 11 is 5.91. The zero-order chi connectivity index (χ0) is 11.4. The number of nitrogens with two attached hydrogens (primary N) is 1. The average molecular weight is 232 g/mol. The number of hydrogen-bond donors (Lipinski definition) is 3. The topological polar surface area (TPSA) is 75.7 Å². The first-order chi connectivity index (χ1) is 7.10. The van der Waals surface area contributed by atoms with E-state index in [4.69, 9.17) is 22.1 Å². The van der Waals surface area contributed by atoms with Gasteiger partial charge >= 0.3 is 0 Å². The highest BCUT2D eigenvalue weighted by molar-refractivity contribution is 6.31. The van der Waals surface area contributed by atoms with Crippen LogP contribution in [0, 0.1) is 0 Å². The van der Waals surface area contributed by atoms with E-state index in [-0.39, 0.29) is 6.54 Å². The third-order valence-electron chi connectivity index (χ3n) is 2.13. The van der Waals surface area contributed by atoms with Crippen molar-refractivity contribution in [3.63, 3.8) is 0 Å². The van der Waals surface area contributed by atoms with E-state index in [0.29, 0.717) is 16.3 Å². The maximum Gasteiger partial charge on any atom is 0.120 e. The first-order valence-corrected chi connectivity index (χ1v) is 4.87. The van der Waals surface area contributed by atoms with Gasteiger partial charge in [-0.3, -0.25) is 0 Å². The molecule has 0 bridgehead atoms. The number of aliphatic hydroxyl groups is 2. The van der Waals surface area contributed by atoms with Crippen molar-refractivity contribution in [2.45, 2.75) is 12.2 Å². The van der Waals surface area contributed by atoms with Crippen LogP contribution in [0.2, 0.25) is 5.02 Å². The number of aliphatic hydroxyl groups excluding tert-OH is 2. The van der Waals surface area contributed by atoms with Gasteiger partial charge in [-0.25, -0.2) is 0 Å². The maximum absolute atomic E-state index is 9.68. The van der Waals surface area contributed by atoms with Gasteiger partial charge in [0.15, 0.2) is 0 Å². The van der Waals surface area contributed by atoms with E-state index in [2.05, 4.69) is 0 Å². The molecule has 2 atom stereocenters. The van der Waals surface area contributed by atoms with Gasteiger partial charge < -0.3 is 20.7 Å². The molecule has 2 unspecified atom stereocenters. The minimum atomic E-state index is -1.08. The van der Waals surface area contributed by atoms with Crippen LogP contribution in [0.5, 0.6) is 5.75 Å². The smallest absolute Gasteiger partial charge is 0.120 e. The molecule has 0 saturated carbocycles. The van der Waals surface area contributed by atoms with Crippen LogP contribution in [0.15, 0.2) is 18.2 Å². The van der Waals surface area contributed by atoms with Crippen LogP contribution in [0.3, 0.4) is 0 Å². The monoisotopic (exact) mass is 231 g/mol. The Labute approximate surface area is 93.2 Å². The highest BCUT2D eigenvalue weighted by Crippen LogP contribution is 2.28. The molecule has 0 aliphatic carbocycles. The highest BCUT2D eigenvalue weighted by Gasteiger charge is 2.19. The molecule has 1 aromatic rings. The summed E-state index contributed by atoms with van der Waals surface area (Å²) in [6.07, 6.45) is -2.09. The summed E-state index contributed by atoms with van der Waals surface area (Å²) < 4.78 is 4.96. The molecule has 0 saturated heterocycles. The molecule has 0 heterocycles. The molecule has 5 heteroatoms. The Morgan fingerprint density at radius 2 is 2.13 bits per heavy atom.